The van der Waals surface area contributed by atoms with Crippen molar-refractivity contribution in [2.75, 3.05) is 6.54 Å². The summed E-state index contributed by atoms with van der Waals surface area (Å²) in [6.45, 7) is 2.02. The number of rotatable bonds is 0. The number of amidine groups is 1. The zero-order valence-electron chi connectivity index (χ0n) is 9.76. The van der Waals surface area contributed by atoms with Crippen molar-refractivity contribution in [2.45, 2.75) is 32.0 Å². The monoisotopic (exact) mass is 231 g/mol. The van der Waals surface area contributed by atoms with Crippen molar-refractivity contribution in [3.63, 3.8) is 0 Å². The zero-order chi connectivity index (χ0) is 11.7. The SMILES string of the molecule is ONC1=NC2CCCCN2Cc2ccccc21. The third kappa shape index (κ3) is 1.94. The number of nitrogens with one attached hydrogen (secondary N) is 1. The van der Waals surface area contributed by atoms with Gasteiger partial charge in [0.1, 0.15) is 6.17 Å². The molecule has 0 aliphatic carbocycles. The average Bonchev–Trinajstić information content (AvgIpc) is 2.54. The molecule has 1 unspecified atom stereocenters. The van der Waals surface area contributed by atoms with E-state index in [1.165, 1.54) is 18.4 Å². The van der Waals surface area contributed by atoms with Gasteiger partial charge in [-0.25, -0.2) is 4.99 Å². The Morgan fingerprint density at radius 2 is 2.18 bits per heavy atom. The number of hydrogen-bond acceptors (Lipinski definition) is 4. The minimum atomic E-state index is 0.214. The second-order valence-electron chi connectivity index (χ2n) is 4.69. The molecule has 17 heavy (non-hydrogen) atoms. The minimum absolute atomic E-state index is 0.214. The van der Waals surface area contributed by atoms with Crippen molar-refractivity contribution in [3.05, 3.63) is 35.4 Å². The van der Waals surface area contributed by atoms with Crippen LogP contribution in [0.25, 0.3) is 0 Å². The molecule has 4 nitrogen and oxygen atoms in total. The molecule has 1 fully saturated rings. The molecule has 0 bridgehead atoms. The molecule has 90 valence electrons. The Morgan fingerprint density at radius 3 is 3.06 bits per heavy atom. The Morgan fingerprint density at radius 1 is 1.29 bits per heavy atom. The summed E-state index contributed by atoms with van der Waals surface area (Å²) < 4.78 is 0. The molecule has 4 heteroatoms. The largest absolute Gasteiger partial charge is 0.290 e. The van der Waals surface area contributed by atoms with E-state index in [9.17, 15) is 5.21 Å². The summed E-state index contributed by atoms with van der Waals surface area (Å²) in [5.41, 5.74) is 4.51. The van der Waals surface area contributed by atoms with Gasteiger partial charge in [0.25, 0.3) is 0 Å². The normalized spacial score (nSPS) is 24.3. The van der Waals surface area contributed by atoms with Gasteiger partial charge >= 0.3 is 0 Å². The molecule has 1 aromatic carbocycles. The fraction of sp³-hybridized carbons (Fsp3) is 0.462. The fourth-order valence-electron chi connectivity index (χ4n) is 2.72. The lowest BCUT2D eigenvalue weighted by Gasteiger charge is -2.31. The second-order valence-corrected chi connectivity index (χ2v) is 4.69. The number of benzene rings is 1. The van der Waals surface area contributed by atoms with Gasteiger partial charge in [0, 0.05) is 18.7 Å². The van der Waals surface area contributed by atoms with Crippen LogP contribution in [-0.4, -0.2) is 28.7 Å². The van der Waals surface area contributed by atoms with Gasteiger partial charge in [0.05, 0.1) is 0 Å². The van der Waals surface area contributed by atoms with E-state index in [2.05, 4.69) is 21.4 Å². The van der Waals surface area contributed by atoms with Crippen LogP contribution in [0.4, 0.5) is 0 Å². The standard InChI is InChI=1S/C13H17N3O/c17-15-13-11-6-2-1-5-10(11)9-16-8-4-3-7-12(16)14-13/h1-2,5-6,12,17H,3-4,7-9H2,(H,14,15). The van der Waals surface area contributed by atoms with Crippen molar-refractivity contribution in [1.29, 1.82) is 0 Å². The number of hydrogen-bond donors (Lipinski definition) is 2. The molecule has 3 rings (SSSR count). The maximum atomic E-state index is 9.25. The van der Waals surface area contributed by atoms with Gasteiger partial charge in [-0.1, -0.05) is 24.3 Å². The first-order valence-electron chi connectivity index (χ1n) is 6.19. The molecule has 0 amide bonds. The maximum absolute atomic E-state index is 9.25. The summed E-state index contributed by atoms with van der Waals surface area (Å²) in [6.07, 6.45) is 3.76. The summed E-state index contributed by atoms with van der Waals surface area (Å²) in [5.74, 6) is 0.606. The van der Waals surface area contributed by atoms with E-state index in [0.29, 0.717) is 5.84 Å². The second kappa shape index (κ2) is 4.47. The molecule has 2 N–H and O–H groups in total. The molecule has 2 aliphatic heterocycles. The van der Waals surface area contributed by atoms with E-state index in [-0.39, 0.29) is 6.17 Å². The third-order valence-corrected chi connectivity index (χ3v) is 3.61. The van der Waals surface area contributed by atoms with Gasteiger partial charge in [0.15, 0.2) is 5.84 Å². The molecule has 2 aliphatic rings. The number of hydroxylamine groups is 1. The maximum Gasteiger partial charge on any atom is 0.154 e. The quantitative estimate of drug-likeness (QED) is 0.669. The van der Waals surface area contributed by atoms with Gasteiger partial charge < -0.3 is 0 Å². The lowest BCUT2D eigenvalue weighted by Crippen LogP contribution is -2.37. The van der Waals surface area contributed by atoms with Crippen LogP contribution in [0.5, 0.6) is 0 Å². The van der Waals surface area contributed by atoms with Crippen LogP contribution < -0.4 is 5.48 Å². The van der Waals surface area contributed by atoms with Crippen LogP contribution >= 0.6 is 0 Å². The first kappa shape index (κ1) is 10.7. The van der Waals surface area contributed by atoms with E-state index in [4.69, 9.17) is 0 Å². The molecule has 0 radical (unpaired) electrons. The van der Waals surface area contributed by atoms with Gasteiger partial charge in [0.2, 0.25) is 0 Å². The predicted molar refractivity (Wildman–Crippen MR) is 66.0 cm³/mol. The van der Waals surface area contributed by atoms with Gasteiger partial charge in [-0.05, 0) is 24.8 Å². The molecule has 1 atom stereocenters. The zero-order valence-corrected chi connectivity index (χ0v) is 9.76. The van der Waals surface area contributed by atoms with E-state index >= 15 is 0 Å². The Balaban J connectivity index is 2.03. The lowest BCUT2D eigenvalue weighted by molar-refractivity contribution is 0.146. The fourth-order valence-corrected chi connectivity index (χ4v) is 2.72. The molecule has 0 spiro atoms. The summed E-state index contributed by atoms with van der Waals surface area (Å²) in [4.78, 5) is 7.03. The summed E-state index contributed by atoms with van der Waals surface area (Å²) in [7, 11) is 0. The number of fused-ring (bicyclic) bond motifs is 2. The van der Waals surface area contributed by atoms with Gasteiger partial charge in [-0.15, -0.1) is 0 Å². The van der Waals surface area contributed by atoms with Crippen molar-refractivity contribution in [2.24, 2.45) is 4.99 Å². The number of aliphatic imine (C=N–C) groups is 1. The summed E-state index contributed by atoms with van der Waals surface area (Å²) in [6, 6.07) is 8.14. The van der Waals surface area contributed by atoms with Crippen LogP contribution in [-0.2, 0) is 6.54 Å². The van der Waals surface area contributed by atoms with Crippen LogP contribution in [0.15, 0.2) is 29.3 Å². The Kier molecular flexibility index (Phi) is 2.82. The van der Waals surface area contributed by atoms with E-state index in [1.807, 2.05) is 18.2 Å². The van der Waals surface area contributed by atoms with Crippen molar-refractivity contribution >= 4 is 5.84 Å². The first-order chi connectivity index (χ1) is 8.38. The smallest absolute Gasteiger partial charge is 0.154 e. The number of nitrogens with zero attached hydrogens (tertiary/aromatic N) is 2. The minimum Gasteiger partial charge on any atom is -0.290 e. The Hall–Kier alpha value is -1.39. The van der Waals surface area contributed by atoms with E-state index < -0.39 is 0 Å². The summed E-state index contributed by atoms with van der Waals surface area (Å²) >= 11 is 0. The molecule has 0 aromatic heterocycles. The highest BCUT2D eigenvalue weighted by Crippen LogP contribution is 2.25. The molecular weight excluding hydrogens is 214 g/mol. The average molecular weight is 231 g/mol. The van der Waals surface area contributed by atoms with E-state index in [1.54, 1.807) is 0 Å². The van der Waals surface area contributed by atoms with Gasteiger partial charge in [-0.2, -0.15) is 0 Å². The predicted octanol–water partition coefficient (Wildman–Crippen LogP) is 1.74. The van der Waals surface area contributed by atoms with Crippen molar-refractivity contribution in [1.82, 2.24) is 10.4 Å². The first-order valence-corrected chi connectivity index (χ1v) is 6.19. The van der Waals surface area contributed by atoms with Crippen molar-refractivity contribution in [3.8, 4) is 0 Å². The molecule has 0 saturated carbocycles. The van der Waals surface area contributed by atoms with Crippen LogP contribution in [0.2, 0.25) is 0 Å². The lowest BCUT2D eigenvalue weighted by atomic mass is 10.1. The third-order valence-electron chi connectivity index (χ3n) is 3.61. The topological polar surface area (TPSA) is 47.9 Å². The highest BCUT2D eigenvalue weighted by atomic mass is 16.5. The summed E-state index contributed by atoms with van der Waals surface area (Å²) in [5, 5.41) is 9.25. The molecule has 1 saturated heterocycles. The van der Waals surface area contributed by atoms with E-state index in [0.717, 1.165) is 25.1 Å². The van der Waals surface area contributed by atoms with Gasteiger partial charge in [-0.3, -0.25) is 15.6 Å². The molecule has 1 aromatic rings. The van der Waals surface area contributed by atoms with Crippen molar-refractivity contribution < 1.29 is 5.21 Å². The van der Waals surface area contributed by atoms with Crippen LogP contribution in [0.1, 0.15) is 30.4 Å². The Bertz CT molecular complexity index is 444. The van der Waals surface area contributed by atoms with Crippen LogP contribution in [0.3, 0.4) is 0 Å². The molecule has 2 heterocycles. The van der Waals surface area contributed by atoms with Crippen LogP contribution in [0, 0.1) is 0 Å². The Labute approximate surface area is 101 Å². The highest BCUT2D eigenvalue weighted by molar-refractivity contribution is 5.99. The number of piperidine rings is 1. The molecular formula is C13H17N3O. The highest BCUT2D eigenvalue weighted by Gasteiger charge is 2.26.